The van der Waals surface area contributed by atoms with Crippen LogP contribution in [0.25, 0.3) is 0 Å². The highest BCUT2D eigenvalue weighted by Gasteiger charge is 2.50. The quantitative estimate of drug-likeness (QED) is 0.0464. The first-order chi connectivity index (χ1) is 25.0. The molecule has 0 aliphatic carbocycles. The maximum atomic E-state index is 14.2. The van der Waals surface area contributed by atoms with Crippen LogP contribution >= 0.6 is 0 Å². The first-order valence-corrected chi connectivity index (χ1v) is 25.2. The molecule has 0 saturated carbocycles. The van der Waals surface area contributed by atoms with E-state index >= 15 is 0 Å². The molecule has 1 aliphatic heterocycles. The average Bonchev–Trinajstić information content (AvgIpc) is 3.10. The zero-order chi connectivity index (χ0) is 38.4. The van der Waals surface area contributed by atoms with Gasteiger partial charge in [0, 0.05) is 32.0 Å². The fraction of sp³-hybridized carbons (Fsp3) is 0.419. The molecular formula is C43H55F2NO5Si2. The standard InChI is InChI=1S/C43H55F2NO5Si2/c1-43(2,3)53(7,8)51-39(32-14-16-33(44)17-15-32)25-24-38-41(46(42(38)47)35-20-18-34(45)19-21-35)37-23-22-36(49-29-31-12-10-9-11-13-31)28-40(37)50-30-48-26-27-52(4,5)6/h9-23,28,38-39,41H,24-27,29-30H2,1-8H3/t38?,39-,41+/m0/s1. The zero-order valence-electron chi connectivity index (χ0n) is 32.5. The molecule has 0 aromatic heterocycles. The minimum Gasteiger partial charge on any atom is -0.489 e. The highest BCUT2D eigenvalue weighted by Crippen LogP contribution is 2.50. The number of anilines is 1. The Bertz CT molecular complexity index is 1790. The number of benzene rings is 4. The number of nitrogens with zero attached hydrogens (tertiary/aromatic N) is 1. The number of carbonyl (C=O) groups excluding carboxylic acids is 1. The second-order valence-corrected chi connectivity index (χ2v) is 27.1. The summed E-state index contributed by atoms with van der Waals surface area (Å²) in [6, 6.07) is 28.8. The van der Waals surface area contributed by atoms with Gasteiger partial charge < -0.3 is 23.5 Å². The maximum Gasteiger partial charge on any atom is 0.233 e. The van der Waals surface area contributed by atoms with Crippen LogP contribution in [-0.4, -0.2) is 35.7 Å². The van der Waals surface area contributed by atoms with Crippen molar-refractivity contribution >= 4 is 28.0 Å². The fourth-order valence-corrected chi connectivity index (χ4v) is 8.24. The van der Waals surface area contributed by atoms with Crippen LogP contribution in [-0.2, 0) is 20.6 Å². The van der Waals surface area contributed by atoms with Crippen molar-refractivity contribution in [2.45, 2.75) is 96.2 Å². The molecule has 1 heterocycles. The van der Waals surface area contributed by atoms with Crippen LogP contribution in [0.4, 0.5) is 14.5 Å². The van der Waals surface area contributed by atoms with Gasteiger partial charge in [-0.05, 0) is 96.7 Å². The molecule has 5 rings (SSSR count). The number of β-lactam (4-membered cyclic amide) rings is 1. The van der Waals surface area contributed by atoms with Crippen LogP contribution in [0.2, 0.25) is 43.8 Å². The Hall–Kier alpha value is -3.84. The first kappa shape index (κ1) is 40.4. The summed E-state index contributed by atoms with van der Waals surface area (Å²) in [5, 5.41) is -0.0484. The van der Waals surface area contributed by atoms with Gasteiger partial charge in [-0.15, -0.1) is 0 Å². The highest BCUT2D eigenvalue weighted by molar-refractivity contribution is 6.76. The van der Waals surface area contributed by atoms with Crippen LogP contribution in [0, 0.1) is 17.6 Å². The highest BCUT2D eigenvalue weighted by atomic mass is 28.4. The number of rotatable bonds is 17. The Balaban J connectivity index is 1.47. The molecule has 4 aromatic rings. The van der Waals surface area contributed by atoms with Gasteiger partial charge >= 0.3 is 0 Å². The summed E-state index contributed by atoms with van der Waals surface area (Å²) in [6.45, 7) is 18.9. The normalized spacial score (nSPS) is 17.0. The lowest BCUT2D eigenvalue weighted by molar-refractivity contribution is -0.131. The van der Waals surface area contributed by atoms with Crippen molar-refractivity contribution in [3.63, 3.8) is 0 Å². The van der Waals surface area contributed by atoms with Gasteiger partial charge in [0.2, 0.25) is 5.91 Å². The molecule has 0 bridgehead atoms. The zero-order valence-corrected chi connectivity index (χ0v) is 34.5. The van der Waals surface area contributed by atoms with Crippen LogP contribution in [0.15, 0.2) is 97.1 Å². The largest absolute Gasteiger partial charge is 0.489 e. The van der Waals surface area contributed by atoms with E-state index in [1.165, 1.54) is 24.3 Å². The maximum absolute atomic E-state index is 14.2. The van der Waals surface area contributed by atoms with Crippen molar-refractivity contribution in [1.29, 1.82) is 0 Å². The predicted molar refractivity (Wildman–Crippen MR) is 214 cm³/mol. The molecule has 3 atom stereocenters. The molecule has 1 aliphatic rings. The number of ether oxygens (including phenoxy) is 3. The van der Waals surface area contributed by atoms with Gasteiger partial charge in [0.15, 0.2) is 15.1 Å². The number of hydrogen-bond donors (Lipinski definition) is 0. The van der Waals surface area contributed by atoms with E-state index in [-0.39, 0.29) is 35.5 Å². The minimum atomic E-state index is -2.25. The Morgan fingerprint density at radius 3 is 2.08 bits per heavy atom. The van der Waals surface area contributed by atoms with E-state index in [9.17, 15) is 13.6 Å². The van der Waals surface area contributed by atoms with Gasteiger partial charge in [-0.1, -0.05) is 82.9 Å². The van der Waals surface area contributed by atoms with Gasteiger partial charge in [-0.3, -0.25) is 4.79 Å². The molecule has 53 heavy (non-hydrogen) atoms. The molecule has 0 N–H and O–H groups in total. The second-order valence-electron chi connectivity index (χ2n) is 16.7. The average molecular weight is 760 g/mol. The first-order valence-electron chi connectivity index (χ1n) is 18.6. The Morgan fingerprint density at radius 2 is 1.45 bits per heavy atom. The van der Waals surface area contributed by atoms with E-state index in [1.807, 2.05) is 48.5 Å². The summed E-state index contributed by atoms with van der Waals surface area (Å²) < 4.78 is 53.6. The lowest BCUT2D eigenvalue weighted by atomic mass is 9.78. The number of halogens is 2. The molecule has 0 spiro atoms. The van der Waals surface area contributed by atoms with Gasteiger partial charge in [0.05, 0.1) is 18.1 Å². The molecule has 1 unspecified atom stereocenters. The summed E-state index contributed by atoms with van der Waals surface area (Å²) in [4.78, 5) is 15.9. The molecule has 4 aromatic carbocycles. The smallest absolute Gasteiger partial charge is 0.233 e. The SMILES string of the molecule is CC(C)(C)[Si](C)(C)O[C@@H](CCC1C(=O)N(c2ccc(F)cc2)[C@@H]1c1ccc(OCc2ccccc2)cc1OCOCC[Si](C)(C)C)c1ccc(F)cc1. The van der Waals surface area contributed by atoms with E-state index in [1.54, 1.807) is 29.2 Å². The number of carbonyl (C=O) groups is 1. The molecule has 0 radical (unpaired) electrons. The molecule has 6 nitrogen and oxygen atoms in total. The van der Waals surface area contributed by atoms with Crippen LogP contribution in [0.3, 0.4) is 0 Å². The predicted octanol–water partition coefficient (Wildman–Crippen LogP) is 11.5. The van der Waals surface area contributed by atoms with Crippen molar-refractivity contribution in [3.8, 4) is 11.5 Å². The van der Waals surface area contributed by atoms with E-state index in [2.05, 4.69) is 53.5 Å². The Morgan fingerprint density at radius 1 is 0.811 bits per heavy atom. The van der Waals surface area contributed by atoms with E-state index < -0.39 is 28.4 Å². The van der Waals surface area contributed by atoms with Gasteiger partial charge in [-0.2, -0.15) is 0 Å². The summed E-state index contributed by atoms with van der Waals surface area (Å²) in [5.74, 6) is 0.0253. The van der Waals surface area contributed by atoms with E-state index in [0.29, 0.717) is 43.2 Å². The summed E-state index contributed by atoms with van der Waals surface area (Å²) in [6.07, 6.45) is 0.737. The second kappa shape index (κ2) is 17.1. The van der Waals surface area contributed by atoms with Crippen molar-refractivity contribution in [2.75, 3.05) is 18.3 Å². The van der Waals surface area contributed by atoms with E-state index in [0.717, 1.165) is 22.7 Å². The number of hydrogen-bond acceptors (Lipinski definition) is 5. The molecule has 284 valence electrons. The molecule has 1 amide bonds. The monoisotopic (exact) mass is 759 g/mol. The van der Waals surface area contributed by atoms with Crippen LogP contribution in [0.5, 0.6) is 11.5 Å². The lowest BCUT2D eigenvalue weighted by Crippen LogP contribution is -2.55. The van der Waals surface area contributed by atoms with Crippen LogP contribution in [0.1, 0.15) is 62.4 Å². The third-order valence-electron chi connectivity index (χ3n) is 10.4. The third kappa shape index (κ3) is 10.7. The van der Waals surface area contributed by atoms with Crippen molar-refractivity contribution in [1.82, 2.24) is 0 Å². The van der Waals surface area contributed by atoms with Crippen molar-refractivity contribution in [3.05, 3.63) is 125 Å². The van der Waals surface area contributed by atoms with Gasteiger partial charge in [0.1, 0.15) is 29.7 Å². The third-order valence-corrected chi connectivity index (χ3v) is 16.6. The molecule has 10 heteroatoms. The van der Waals surface area contributed by atoms with Crippen LogP contribution < -0.4 is 14.4 Å². The number of amides is 1. The summed E-state index contributed by atoms with van der Waals surface area (Å²) in [5.41, 5.74) is 3.33. The Kier molecular flexibility index (Phi) is 13.0. The van der Waals surface area contributed by atoms with E-state index in [4.69, 9.17) is 18.6 Å². The van der Waals surface area contributed by atoms with Gasteiger partial charge in [-0.25, -0.2) is 8.78 Å². The molecule has 1 fully saturated rings. The lowest BCUT2D eigenvalue weighted by Gasteiger charge is -2.48. The Labute approximate surface area is 316 Å². The molecule has 1 saturated heterocycles. The summed E-state index contributed by atoms with van der Waals surface area (Å²) in [7, 11) is -3.55. The minimum absolute atomic E-state index is 0.0484. The summed E-state index contributed by atoms with van der Waals surface area (Å²) >= 11 is 0. The molecular weight excluding hydrogens is 705 g/mol. The fourth-order valence-electron chi connectivity index (χ4n) is 6.17. The van der Waals surface area contributed by atoms with Crippen molar-refractivity contribution in [2.24, 2.45) is 5.92 Å². The topological polar surface area (TPSA) is 57.2 Å². The van der Waals surface area contributed by atoms with Crippen molar-refractivity contribution < 1.29 is 32.2 Å². The van der Waals surface area contributed by atoms with Gasteiger partial charge in [0.25, 0.3) is 0 Å².